The molecule has 136 valence electrons. The lowest BCUT2D eigenvalue weighted by Gasteiger charge is -2.20. The molecule has 0 spiro atoms. The highest BCUT2D eigenvalue weighted by atomic mass is 32.2. The van der Waals surface area contributed by atoms with E-state index in [-0.39, 0.29) is 10.7 Å². The standard InChI is InChI=1S/C19H21N3O3S/c1-12-7-8-16(10-13(12)2)18(17-6-5-9-20-11-17)22-26(23,24)19-14(3)21-25-15(19)4/h5-11,18,22H,1-4H3/t18-/m1/s1. The van der Waals surface area contributed by atoms with Crippen LogP contribution in [-0.4, -0.2) is 18.6 Å². The molecule has 0 aliphatic rings. The Bertz CT molecular complexity index is 1010. The summed E-state index contributed by atoms with van der Waals surface area (Å²) in [7, 11) is -3.83. The average Bonchev–Trinajstić information content (AvgIpc) is 2.95. The minimum Gasteiger partial charge on any atom is -0.360 e. The molecular weight excluding hydrogens is 350 g/mol. The number of aromatic nitrogens is 2. The van der Waals surface area contributed by atoms with Gasteiger partial charge in [0.2, 0.25) is 10.0 Å². The second-order valence-corrected chi connectivity index (χ2v) is 7.99. The van der Waals surface area contributed by atoms with Gasteiger partial charge in [-0.3, -0.25) is 4.98 Å². The maximum absolute atomic E-state index is 13.0. The normalized spacial score (nSPS) is 12.9. The number of hydrogen-bond acceptors (Lipinski definition) is 5. The van der Waals surface area contributed by atoms with Gasteiger partial charge in [-0.1, -0.05) is 29.4 Å². The van der Waals surface area contributed by atoms with Gasteiger partial charge in [0.25, 0.3) is 0 Å². The van der Waals surface area contributed by atoms with Crippen molar-refractivity contribution >= 4 is 10.0 Å². The van der Waals surface area contributed by atoms with Gasteiger partial charge >= 0.3 is 0 Å². The van der Waals surface area contributed by atoms with Gasteiger partial charge < -0.3 is 4.52 Å². The number of rotatable bonds is 5. The first-order valence-electron chi connectivity index (χ1n) is 8.22. The highest BCUT2D eigenvalue weighted by Gasteiger charge is 2.28. The largest absolute Gasteiger partial charge is 0.360 e. The summed E-state index contributed by atoms with van der Waals surface area (Å²) in [4.78, 5) is 4.21. The first-order valence-corrected chi connectivity index (χ1v) is 9.70. The zero-order valence-electron chi connectivity index (χ0n) is 15.1. The lowest BCUT2D eigenvalue weighted by molar-refractivity contribution is 0.390. The second-order valence-electron chi connectivity index (χ2n) is 6.34. The lowest BCUT2D eigenvalue weighted by atomic mass is 9.97. The number of hydrogen-bond donors (Lipinski definition) is 1. The molecule has 1 aromatic carbocycles. The Morgan fingerprint density at radius 2 is 1.81 bits per heavy atom. The third-order valence-electron chi connectivity index (χ3n) is 4.39. The molecule has 0 unspecified atom stereocenters. The molecule has 7 heteroatoms. The van der Waals surface area contributed by atoms with Crippen molar-refractivity contribution in [3.63, 3.8) is 0 Å². The Morgan fingerprint density at radius 3 is 2.38 bits per heavy atom. The highest BCUT2D eigenvalue weighted by molar-refractivity contribution is 7.89. The quantitative estimate of drug-likeness (QED) is 0.743. The summed E-state index contributed by atoms with van der Waals surface area (Å²) < 4.78 is 33.8. The summed E-state index contributed by atoms with van der Waals surface area (Å²) in [5, 5.41) is 3.75. The summed E-state index contributed by atoms with van der Waals surface area (Å²) >= 11 is 0. The maximum atomic E-state index is 13.0. The van der Waals surface area contributed by atoms with E-state index in [4.69, 9.17) is 4.52 Å². The molecule has 3 aromatic rings. The van der Waals surface area contributed by atoms with Crippen molar-refractivity contribution in [2.24, 2.45) is 0 Å². The second kappa shape index (κ2) is 7.01. The zero-order chi connectivity index (χ0) is 18.9. The van der Waals surface area contributed by atoms with Crippen LogP contribution in [-0.2, 0) is 10.0 Å². The third-order valence-corrected chi connectivity index (χ3v) is 6.06. The van der Waals surface area contributed by atoms with Gasteiger partial charge in [0.15, 0.2) is 5.76 Å². The van der Waals surface area contributed by atoms with Crippen molar-refractivity contribution in [2.45, 2.75) is 38.6 Å². The van der Waals surface area contributed by atoms with Crippen LogP contribution in [0.2, 0.25) is 0 Å². The van der Waals surface area contributed by atoms with Crippen LogP contribution in [0.5, 0.6) is 0 Å². The Kier molecular flexibility index (Phi) is 4.93. The fraction of sp³-hybridized carbons (Fsp3) is 0.263. The van der Waals surface area contributed by atoms with Gasteiger partial charge in [-0.15, -0.1) is 0 Å². The third kappa shape index (κ3) is 3.54. The maximum Gasteiger partial charge on any atom is 0.246 e. The summed E-state index contributed by atoms with van der Waals surface area (Å²) in [5.41, 5.74) is 4.17. The monoisotopic (exact) mass is 371 g/mol. The fourth-order valence-electron chi connectivity index (χ4n) is 2.89. The van der Waals surface area contributed by atoms with Gasteiger partial charge in [-0.25, -0.2) is 8.42 Å². The van der Waals surface area contributed by atoms with E-state index >= 15 is 0 Å². The van der Waals surface area contributed by atoms with Gasteiger partial charge in [-0.2, -0.15) is 4.72 Å². The summed E-state index contributed by atoms with van der Waals surface area (Å²) in [6.45, 7) is 7.22. The Morgan fingerprint density at radius 1 is 1.04 bits per heavy atom. The van der Waals surface area contributed by atoms with Crippen molar-refractivity contribution in [3.05, 3.63) is 76.4 Å². The smallest absolute Gasteiger partial charge is 0.246 e. The molecular formula is C19H21N3O3S. The summed E-state index contributed by atoms with van der Waals surface area (Å²) in [6, 6.07) is 8.97. The van der Waals surface area contributed by atoms with Gasteiger partial charge in [0.1, 0.15) is 10.6 Å². The predicted octanol–water partition coefficient (Wildman–Crippen LogP) is 3.37. The van der Waals surface area contributed by atoms with Crippen LogP contribution in [0.4, 0.5) is 0 Å². The highest BCUT2D eigenvalue weighted by Crippen LogP contribution is 2.27. The lowest BCUT2D eigenvalue weighted by Crippen LogP contribution is -2.30. The molecule has 0 amide bonds. The van der Waals surface area contributed by atoms with Crippen molar-refractivity contribution in [2.75, 3.05) is 0 Å². The van der Waals surface area contributed by atoms with E-state index in [2.05, 4.69) is 14.9 Å². The molecule has 0 radical (unpaired) electrons. The van der Waals surface area contributed by atoms with E-state index in [9.17, 15) is 8.42 Å². The molecule has 0 aliphatic carbocycles. The van der Waals surface area contributed by atoms with Gasteiger partial charge in [0.05, 0.1) is 6.04 Å². The van der Waals surface area contributed by atoms with Crippen LogP contribution in [0.25, 0.3) is 0 Å². The van der Waals surface area contributed by atoms with Crippen molar-refractivity contribution in [1.29, 1.82) is 0 Å². The molecule has 2 heterocycles. The van der Waals surface area contributed by atoms with E-state index in [1.54, 1.807) is 32.3 Å². The number of nitrogens with one attached hydrogen (secondary N) is 1. The molecule has 6 nitrogen and oxygen atoms in total. The minimum absolute atomic E-state index is 0.0789. The Balaban J connectivity index is 2.08. The van der Waals surface area contributed by atoms with Crippen LogP contribution in [0, 0.1) is 27.7 Å². The molecule has 0 saturated heterocycles. The van der Waals surface area contributed by atoms with Crippen LogP contribution in [0.15, 0.2) is 52.1 Å². The van der Waals surface area contributed by atoms with Gasteiger partial charge in [-0.05, 0) is 56.0 Å². The Labute approximate surface area is 153 Å². The summed E-state index contributed by atoms with van der Waals surface area (Å²) in [6.07, 6.45) is 3.32. The molecule has 2 aromatic heterocycles. The van der Waals surface area contributed by atoms with Crippen molar-refractivity contribution < 1.29 is 12.9 Å². The molecule has 26 heavy (non-hydrogen) atoms. The SMILES string of the molecule is Cc1ccc([C@@H](NS(=O)(=O)c2c(C)noc2C)c2cccnc2)cc1C. The van der Waals surface area contributed by atoms with E-state index in [1.165, 1.54) is 0 Å². The van der Waals surface area contributed by atoms with Gasteiger partial charge in [0, 0.05) is 12.4 Å². The molecule has 1 atom stereocenters. The number of benzene rings is 1. The first kappa shape index (κ1) is 18.3. The molecule has 3 rings (SSSR count). The average molecular weight is 371 g/mol. The van der Waals surface area contributed by atoms with Crippen LogP contribution < -0.4 is 4.72 Å². The summed E-state index contributed by atoms with van der Waals surface area (Å²) in [5.74, 6) is 0.264. The topological polar surface area (TPSA) is 85.1 Å². The number of aryl methyl sites for hydroxylation is 4. The number of nitrogens with zero attached hydrogens (tertiary/aromatic N) is 2. The molecule has 1 N–H and O–H groups in total. The zero-order valence-corrected chi connectivity index (χ0v) is 16.0. The van der Waals surface area contributed by atoms with E-state index in [0.717, 1.165) is 22.3 Å². The van der Waals surface area contributed by atoms with Crippen molar-refractivity contribution in [3.8, 4) is 0 Å². The van der Waals surface area contributed by atoms with E-state index < -0.39 is 16.1 Å². The fourth-order valence-corrected chi connectivity index (χ4v) is 4.43. The van der Waals surface area contributed by atoms with E-state index in [0.29, 0.717) is 5.69 Å². The number of sulfonamides is 1. The minimum atomic E-state index is -3.83. The van der Waals surface area contributed by atoms with Crippen LogP contribution in [0.3, 0.4) is 0 Å². The molecule has 0 aliphatic heterocycles. The van der Waals surface area contributed by atoms with Crippen LogP contribution >= 0.6 is 0 Å². The van der Waals surface area contributed by atoms with Crippen LogP contribution in [0.1, 0.15) is 39.7 Å². The predicted molar refractivity (Wildman–Crippen MR) is 98.3 cm³/mol. The van der Waals surface area contributed by atoms with Crippen molar-refractivity contribution in [1.82, 2.24) is 14.9 Å². The molecule has 0 fully saturated rings. The Hall–Kier alpha value is -2.51. The molecule has 0 bridgehead atoms. The molecule has 0 saturated carbocycles. The first-order chi connectivity index (χ1) is 12.3. The van der Waals surface area contributed by atoms with E-state index in [1.807, 2.05) is 38.1 Å². The number of pyridine rings is 1.